The number of hydrogen-bond donors (Lipinski definition) is 4. The van der Waals surface area contributed by atoms with E-state index in [-0.39, 0.29) is 0 Å². The van der Waals surface area contributed by atoms with Crippen molar-refractivity contribution in [3.05, 3.63) is 0 Å². The standard InChI is InChI=1S/C8H16.4CHNO/c1-7-5-3-4-6-8(7)2;4*2-1-3/h7-8H,3-6H2,1-2H3;4*2H. The van der Waals surface area contributed by atoms with Gasteiger partial charge < -0.3 is 0 Å². The number of carbonyl (C=O) groups excluding carboxylic acids is 4. The molecule has 8 nitrogen and oxygen atoms in total. The van der Waals surface area contributed by atoms with Gasteiger partial charge in [-0.05, 0) is 11.8 Å². The Morgan fingerprint density at radius 3 is 0.900 bits per heavy atom. The third-order valence-electron chi connectivity index (χ3n) is 2.54. The van der Waals surface area contributed by atoms with E-state index in [2.05, 4.69) is 13.8 Å². The molecule has 0 amide bonds. The van der Waals surface area contributed by atoms with Gasteiger partial charge in [0, 0.05) is 0 Å². The minimum Gasteiger partial charge on any atom is -0.222 e. The van der Waals surface area contributed by atoms with Crippen molar-refractivity contribution in [2.45, 2.75) is 39.5 Å². The minimum absolute atomic E-state index is 0.750. The molecule has 4 N–H and O–H groups in total. The molecule has 1 fully saturated rings. The van der Waals surface area contributed by atoms with Gasteiger partial charge in [-0.25, -0.2) is 40.8 Å². The van der Waals surface area contributed by atoms with Crippen LogP contribution < -0.4 is 0 Å². The predicted molar refractivity (Wildman–Crippen MR) is 70.4 cm³/mol. The molecule has 0 radical (unpaired) electrons. The Hall–Kier alpha value is -2.48. The van der Waals surface area contributed by atoms with E-state index in [0.717, 1.165) is 36.2 Å². The van der Waals surface area contributed by atoms with E-state index >= 15 is 0 Å². The molecule has 0 aromatic heterocycles. The Labute approximate surface area is 117 Å². The van der Waals surface area contributed by atoms with Gasteiger partial charge in [0.05, 0.1) is 0 Å². The van der Waals surface area contributed by atoms with E-state index in [1.54, 1.807) is 0 Å². The second kappa shape index (κ2) is 30.0. The van der Waals surface area contributed by atoms with E-state index in [9.17, 15) is 0 Å². The molecule has 2 atom stereocenters. The molecule has 0 saturated heterocycles. The van der Waals surface area contributed by atoms with Gasteiger partial charge in [-0.15, -0.1) is 0 Å². The molecule has 2 unspecified atom stereocenters. The van der Waals surface area contributed by atoms with Crippen LogP contribution in [0.3, 0.4) is 0 Å². The quantitative estimate of drug-likeness (QED) is 0.396. The molecule has 1 saturated carbocycles. The monoisotopic (exact) mass is 284 g/mol. The van der Waals surface area contributed by atoms with Crippen molar-refractivity contribution in [1.29, 1.82) is 21.6 Å². The first-order chi connectivity index (χ1) is 9.46. The highest BCUT2D eigenvalue weighted by Crippen LogP contribution is 2.28. The highest BCUT2D eigenvalue weighted by Gasteiger charge is 2.15. The molecule has 0 heterocycles. The van der Waals surface area contributed by atoms with Gasteiger partial charge in [-0.3, -0.25) is 0 Å². The molecule has 0 spiro atoms. The van der Waals surface area contributed by atoms with Crippen LogP contribution in [0.4, 0.5) is 0 Å². The fourth-order valence-corrected chi connectivity index (χ4v) is 1.50. The number of hydrogen-bond acceptors (Lipinski definition) is 8. The summed E-state index contributed by atoms with van der Waals surface area (Å²) in [6.07, 6.45) is 8.90. The molecule has 1 aliphatic carbocycles. The van der Waals surface area contributed by atoms with Crippen LogP contribution in [0, 0.1) is 33.5 Å². The van der Waals surface area contributed by atoms with Gasteiger partial charge in [0.25, 0.3) is 0 Å². The summed E-state index contributed by atoms with van der Waals surface area (Å²) in [6, 6.07) is 0. The number of nitrogens with one attached hydrogen (secondary N) is 4. The van der Waals surface area contributed by atoms with Crippen LogP contribution in [0.25, 0.3) is 0 Å². The highest BCUT2D eigenvalue weighted by molar-refractivity contribution is 5.26. The zero-order chi connectivity index (χ0) is 16.8. The zero-order valence-corrected chi connectivity index (χ0v) is 11.6. The lowest BCUT2D eigenvalue weighted by Gasteiger charge is -2.24. The SMILES string of the molecule is CC1CCCCC1C.N=C=O.N=C=O.N=C=O.N=C=O. The van der Waals surface area contributed by atoms with E-state index in [0.29, 0.717) is 0 Å². The summed E-state index contributed by atoms with van der Waals surface area (Å²) < 4.78 is 0. The molecule has 8 heteroatoms. The average molecular weight is 284 g/mol. The van der Waals surface area contributed by atoms with Gasteiger partial charge in [0.15, 0.2) is 0 Å². The Morgan fingerprint density at radius 1 is 0.650 bits per heavy atom. The Morgan fingerprint density at radius 2 is 0.800 bits per heavy atom. The first kappa shape index (κ1) is 26.2. The Bertz CT molecular complexity index is 275. The van der Waals surface area contributed by atoms with Crippen LogP contribution in [-0.2, 0) is 19.2 Å². The fourth-order valence-electron chi connectivity index (χ4n) is 1.50. The van der Waals surface area contributed by atoms with Crippen LogP contribution in [0.5, 0.6) is 0 Å². The molecular weight excluding hydrogens is 264 g/mol. The van der Waals surface area contributed by atoms with Gasteiger partial charge in [-0.2, -0.15) is 0 Å². The molecule has 20 heavy (non-hydrogen) atoms. The van der Waals surface area contributed by atoms with Gasteiger partial charge >= 0.3 is 0 Å². The molecule has 0 aliphatic heterocycles. The summed E-state index contributed by atoms with van der Waals surface area (Å²) >= 11 is 0. The van der Waals surface area contributed by atoms with Crippen LogP contribution >= 0.6 is 0 Å². The molecule has 1 rings (SSSR count). The lowest BCUT2D eigenvalue weighted by molar-refractivity contribution is 0.277. The molecule has 112 valence electrons. The van der Waals surface area contributed by atoms with Gasteiger partial charge in [-0.1, -0.05) is 39.5 Å². The van der Waals surface area contributed by atoms with Crippen LogP contribution in [-0.4, -0.2) is 24.3 Å². The van der Waals surface area contributed by atoms with E-state index in [4.69, 9.17) is 40.8 Å². The summed E-state index contributed by atoms with van der Waals surface area (Å²) in [5.74, 6) is 2.01. The van der Waals surface area contributed by atoms with Crippen molar-refractivity contribution in [2.24, 2.45) is 11.8 Å². The topological polar surface area (TPSA) is 164 Å². The van der Waals surface area contributed by atoms with Crippen LogP contribution in [0.2, 0.25) is 0 Å². The second-order valence-corrected chi connectivity index (χ2v) is 3.65. The molecule has 1 aliphatic rings. The summed E-state index contributed by atoms with van der Waals surface area (Å²) in [5.41, 5.74) is 0. The highest BCUT2D eigenvalue weighted by atomic mass is 16.1. The lowest BCUT2D eigenvalue weighted by atomic mass is 9.82. The minimum atomic E-state index is 0.750. The van der Waals surface area contributed by atoms with Gasteiger partial charge in [0.1, 0.15) is 0 Å². The molecule has 0 aromatic carbocycles. The molecule has 0 bridgehead atoms. The third-order valence-corrected chi connectivity index (χ3v) is 2.54. The smallest absolute Gasteiger partial charge is 0.222 e. The van der Waals surface area contributed by atoms with Crippen molar-refractivity contribution in [2.75, 3.05) is 0 Å². The van der Waals surface area contributed by atoms with Gasteiger partial charge in [0.2, 0.25) is 24.3 Å². The summed E-state index contributed by atoms with van der Waals surface area (Å²) in [6.45, 7) is 4.76. The van der Waals surface area contributed by atoms with E-state index in [1.165, 1.54) is 25.7 Å². The Kier molecular flexibility index (Phi) is 39.2. The van der Waals surface area contributed by atoms with Crippen LogP contribution in [0.1, 0.15) is 39.5 Å². The first-order valence-corrected chi connectivity index (χ1v) is 5.62. The summed E-state index contributed by atoms with van der Waals surface area (Å²) in [5, 5.41) is 21.6. The summed E-state index contributed by atoms with van der Waals surface area (Å²) in [7, 11) is 0. The zero-order valence-electron chi connectivity index (χ0n) is 11.6. The van der Waals surface area contributed by atoms with E-state index in [1.807, 2.05) is 0 Å². The maximum atomic E-state index is 8.35. The Balaban J connectivity index is -0.0000000910. The number of rotatable bonds is 0. The van der Waals surface area contributed by atoms with E-state index < -0.39 is 0 Å². The first-order valence-electron chi connectivity index (χ1n) is 5.62. The second-order valence-electron chi connectivity index (χ2n) is 3.65. The molecular formula is C12H20N4O4. The fraction of sp³-hybridized carbons (Fsp3) is 0.667. The van der Waals surface area contributed by atoms with Crippen molar-refractivity contribution in [1.82, 2.24) is 0 Å². The van der Waals surface area contributed by atoms with Crippen LogP contribution in [0.15, 0.2) is 0 Å². The normalized spacial score (nSPS) is 17.5. The van der Waals surface area contributed by atoms with Crippen molar-refractivity contribution in [3.8, 4) is 0 Å². The van der Waals surface area contributed by atoms with Crippen molar-refractivity contribution in [3.63, 3.8) is 0 Å². The average Bonchev–Trinajstić information content (AvgIpc) is 2.37. The summed E-state index contributed by atoms with van der Waals surface area (Å²) in [4.78, 5) is 33.4. The maximum Gasteiger partial charge on any atom is 0.231 e. The predicted octanol–water partition coefficient (Wildman–Crippen LogP) is 2.44. The maximum absolute atomic E-state index is 8.35. The molecule has 0 aromatic rings. The lowest BCUT2D eigenvalue weighted by Crippen LogP contribution is -2.12. The largest absolute Gasteiger partial charge is 0.231 e. The van der Waals surface area contributed by atoms with Crippen molar-refractivity contribution < 1.29 is 19.2 Å². The number of isocyanates is 4. The van der Waals surface area contributed by atoms with Crippen molar-refractivity contribution >= 4 is 24.3 Å². The third kappa shape index (κ3) is 45.1.